The summed E-state index contributed by atoms with van der Waals surface area (Å²) in [4.78, 5) is 14.0. The van der Waals surface area contributed by atoms with Crippen molar-refractivity contribution < 1.29 is 4.42 Å². The van der Waals surface area contributed by atoms with E-state index in [-0.39, 0.29) is 10.8 Å². The summed E-state index contributed by atoms with van der Waals surface area (Å²) in [6.07, 6.45) is 0.861. The van der Waals surface area contributed by atoms with Crippen LogP contribution in [0.3, 0.4) is 0 Å². The zero-order chi connectivity index (χ0) is 18.4. The molecular weight excluding hydrogens is 310 g/mol. The molecule has 3 aromatic rings. The fraction of sp³-hybridized carbons (Fsp3) is 0.476. The number of aryl methyl sites for hydroxylation is 2. The molecule has 0 aliphatic rings. The predicted octanol–water partition coefficient (Wildman–Crippen LogP) is 5.05. The maximum absolute atomic E-state index is 5.67. The van der Waals surface area contributed by atoms with Crippen molar-refractivity contribution in [3.05, 3.63) is 53.1 Å². The van der Waals surface area contributed by atoms with E-state index in [0.29, 0.717) is 0 Å². The van der Waals surface area contributed by atoms with Crippen molar-refractivity contribution in [2.45, 2.75) is 65.7 Å². The van der Waals surface area contributed by atoms with Crippen LogP contribution in [0.15, 0.2) is 28.7 Å². The molecule has 0 fully saturated rings. The van der Waals surface area contributed by atoms with Crippen LogP contribution >= 0.6 is 0 Å². The molecule has 0 bridgehead atoms. The Morgan fingerprint density at radius 2 is 1.56 bits per heavy atom. The highest BCUT2D eigenvalue weighted by atomic mass is 16.3. The van der Waals surface area contributed by atoms with Crippen LogP contribution in [-0.2, 0) is 17.3 Å². The Hall–Kier alpha value is -2.23. The molecule has 0 aliphatic heterocycles. The molecule has 0 unspecified atom stereocenters. The molecule has 0 aliphatic carbocycles. The van der Waals surface area contributed by atoms with Crippen molar-refractivity contribution in [3.8, 4) is 0 Å². The standard InChI is InChI=1S/C21H27N3O/c1-13-10-16-11-15(8-9-17(16)25-13)12-21(6,7)19-23-14(2)22-18(24-19)20(3,4)5/h8-11H,12H2,1-7H3. The first-order valence-corrected chi connectivity index (χ1v) is 8.77. The lowest BCUT2D eigenvalue weighted by Crippen LogP contribution is -2.28. The molecule has 132 valence electrons. The van der Waals surface area contributed by atoms with Gasteiger partial charge in [-0.15, -0.1) is 0 Å². The van der Waals surface area contributed by atoms with E-state index in [9.17, 15) is 0 Å². The highest BCUT2D eigenvalue weighted by Crippen LogP contribution is 2.29. The molecule has 4 nitrogen and oxygen atoms in total. The second-order valence-corrected chi connectivity index (χ2v) is 8.57. The molecular formula is C21H27N3O. The molecule has 0 saturated carbocycles. The topological polar surface area (TPSA) is 51.8 Å². The van der Waals surface area contributed by atoms with Crippen molar-refractivity contribution >= 4 is 11.0 Å². The number of hydrogen-bond donors (Lipinski definition) is 0. The van der Waals surface area contributed by atoms with Gasteiger partial charge in [-0.05, 0) is 44.0 Å². The van der Waals surface area contributed by atoms with E-state index in [0.717, 1.165) is 40.6 Å². The smallest absolute Gasteiger partial charge is 0.138 e. The zero-order valence-electron chi connectivity index (χ0n) is 16.3. The van der Waals surface area contributed by atoms with E-state index in [1.165, 1.54) is 5.56 Å². The maximum atomic E-state index is 5.67. The van der Waals surface area contributed by atoms with Crippen molar-refractivity contribution in [1.29, 1.82) is 0 Å². The van der Waals surface area contributed by atoms with Gasteiger partial charge in [-0.25, -0.2) is 15.0 Å². The van der Waals surface area contributed by atoms with E-state index in [1.807, 2.05) is 19.9 Å². The Bertz CT molecular complexity index is 917. The van der Waals surface area contributed by atoms with E-state index in [2.05, 4.69) is 62.8 Å². The van der Waals surface area contributed by atoms with Gasteiger partial charge in [-0.1, -0.05) is 40.7 Å². The third-order valence-corrected chi connectivity index (χ3v) is 4.37. The number of hydrogen-bond acceptors (Lipinski definition) is 4. The quantitative estimate of drug-likeness (QED) is 0.671. The second-order valence-electron chi connectivity index (χ2n) is 8.57. The van der Waals surface area contributed by atoms with E-state index < -0.39 is 0 Å². The van der Waals surface area contributed by atoms with E-state index >= 15 is 0 Å². The van der Waals surface area contributed by atoms with Gasteiger partial charge >= 0.3 is 0 Å². The fourth-order valence-corrected chi connectivity index (χ4v) is 3.04. The number of fused-ring (bicyclic) bond motifs is 1. The minimum Gasteiger partial charge on any atom is -0.461 e. The van der Waals surface area contributed by atoms with Crippen molar-refractivity contribution in [3.63, 3.8) is 0 Å². The molecule has 0 atom stereocenters. The SMILES string of the molecule is Cc1nc(C(C)(C)C)nc(C(C)(C)Cc2ccc3oc(C)cc3c2)n1. The minimum absolute atomic E-state index is 0.0915. The number of furan rings is 1. The normalized spacial score (nSPS) is 12.8. The van der Waals surface area contributed by atoms with Crippen molar-refractivity contribution in [2.75, 3.05) is 0 Å². The molecule has 2 heterocycles. The van der Waals surface area contributed by atoms with Crippen LogP contribution in [0.4, 0.5) is 0 Å². The Morgan fingerprint density at radius 3 is 2.24 bits per heavy atom. The van der Waals surface area contributed by atoms with Gasteiger partial charge in [0.05, 0.1) is 0 Å². The predicted molar refractivity (Wildman–Crippen MR) is 101 cm³/mol. The highest BCUT2D eigenvalue weighted by molar-refractivity contribution is 5.78. The molecule has 2 aromatic heterocycles. The summed E-state index contributed by atoms with van der Waals surface area (Å²) >= 11 is 0. The van der Waals surface area contributed by atoms with Gasteiger partial charge in [-0.3, -0.25) is 0 Å². The number of aromatic nitrogens is 3. The summed E-state index contributed by atoms with van der Waals surface area (Å²) in [5, 5.41) is 1.15. The van der Waals surface area contributed by atoms with Crippen LogP contribution in [0, 0.1) is 13.8 Å². The van der Waals surface area contributed by atoms with Gasteiger partial charge in [-0.2, -0.15) is 0 Å². The van der Waals surface area contributed by atoms with Crippen LogP contribution in [0.5, 0.6) is 0 Å². The molecule has 0 saturated heterocycles. The summed E-state index contributed by atoms with van der Waals surface area (Å²) in [6.45, 7) is 14.7. The molecule has 1 aromatic carbocycles. The molecule has 0 spiro atoms. The van der Waals surface area contributed by atoms with Gasteiger partial charge in [0, 0.05) is 16.2 Å². The van der Waals surface area contributed by atoms with Crippen LogP contribution in [0.2, 0.25) is 0 Å². The lowest BCUT2D eigenvalue weighted by atomic mass is 9.84. The second kappa shape index (κ2) is 5.94. The molecule has 0 amide bonds. The largest absolute Gasteiger partial charge is 0.461 e. The number of benzene rings is 1. The maximum Gasteiger partial charge on any atom is 0.138 e. The summed E-state index contributed by atoms with van der Waals surface area (Å²) in [5.74, 6) is 3.43. The first-order chi connectivity index (χ1) is 11.5. The van der Waals surface area contributed by atoms with Crippen LogP contribution in [0.1, 0.15) is 63.4 Å². The minimum atomic E-state index is -0.180. The van der Waals surface area contributed by atoms with Crippen molar-refractivity contribution in [2.24, 2.45) is 0 Å². The third kappa shape index (κ3) is 3.73. The first-order valence-electron chi connectivity index (χ1n) is 8.77. The summed E-state index contributed by atoms with van der Waals surface area (Å²) < 4.78 is 5.67. The average Bonchev–Trinajstić information content (AvgIpc) is 2.84. The van der Waals surface area contributed by atoms with Crippen LogP contribution in [-0.4, -0.2) is 15.0 Å². The van der Waals surface area contributed by atoms with E-state index in [1.54, 1.807) is 0 Å². The van der Waals surface area contributed by atoms with Crippen LogP contribution < -0.4 is 0 Å². The summed E-state index contributed by atoms with van der Waals surface area (Å²) in [6, 6.07) is 8.46. The van der Waals surface area contributed by atoms with Gasteiger partial charge < -0.3 is 4.42 Å². The Labute approximate surface area is 149 Å². The van der Waals surface area contributed by atoms with Gasteiger partial charge in [0.2, 0.25) is 0 Å². The number of rotatable bonds is 3. The number of nitrogens with zero attached hydrogens (tertiary/aromatic N) is 3. The molecule has 0 radical (unpaired) electrons. The monoisotopic (exact) mass is 337 g/mol. The van der Waals surface area contributed by atoms with Gasteiger partial charge in [0.1, 0.15) is 28.8 Å². The molecule has 4 heteroatoms. The third-order valence-electron chi connectivity index (χ3n) is 4.37. The Balaban J connectivity index is 1.96. The Morgan fingerprint density at radius 1 is 0.880 bits per heavy atom. The zero-order valence-corrected chi connectivity index (χ0v) is 16.3. The van der Waals surface area contributed by atoms with Gasteiger partial charge in [0.15, 0.2) is 0 Å². The highest BCUT2D eigenvalue weighted by Gasteiger charge is 2.28. The molecule has 0 N–H and O–H groups in total. The van der Waals surface area contributed by atoms with Crippen molar-refractivity contribution in [1.82, 2.24) is 15.0 Å². The first kappa shape index (κ1) is 17.6. The summed E-state index contributed by atoms with van der Waals surface area (Å²) in [5.41, 5.74) is 1.92. The van der Waals surface area contributed by atoms with Crippen LogP contribution in [0.25, 0.3) is 11.0 Å². The average molecular weight is 337 g/mol. The summed E-state index contributed by atoms with van der Waals surface area (Å²) in [7, 11) is 0. The fourth-order valence-electron chi connectivity index (χ4n) is 3.04. The lowest BCUT2D eigenvalue weighted by molar-refractivity contribution is 0.459. The molecule has 25 heavy (non-hydrogen) atoms. The Kier molecular flexibility index (Phi) is 4.18. The lowest BCUT2D eigenvalue weighted by Gasteiger charge is -2.26. The molecule has 3 rings (SSSR count). The van der Waals surface area contributed by atoms with Gasteiger partial charge in [0.25, 0.3) is 0 Å². The van der Waals surface area contributed by atoms with E-state index in [4.69, 9.17) is 9.40 Å².